The van der Waals surface area contributed by atoms with Crippen LogP contribution in [0.3, 0.4) is 0 Å². The van der Waals surface area contributed by atoms with Crippen molar-refractivity contribution in [2.75, 3.05) is 0 Å². The SMILES string of the molecule is CC1C(=O)C=CC2=C1C(C)C(=O)N2. The first-order valence-electron chi connectivity index (χ1n) is 4.38. The number of carbonyl (C=O) groups excluding carboxylic acids is 2. The van der Waals surface area contributed by atoms with Crippen molar-refractivity contribution in [2.24, 2.45) is 11.8 Å². The van der Waals surface area contributed by atoms with Crippen LogP contribution in [0, 0.1) is 11.8 Å². The molecule has 1 heterocycles. The zero-order chi connectivity index (χ0) is 9.59. The van der Waals surface area contributed by atoms with Crippen molar-refractivity contribution in [3.8, 4) is 0 Å². The van der Waals surface area contributed by atoms with Crippen LogP contribution < -0.4 is 5.32 Å². The van der Waals surface area contributed by atoms with E-state index < -0.39 is 0 Å². The Hall–Kier alpha value is -1.38. The summed E-state index contributed by atoms with van der Waals surface area (Å²) in [6, 6.07) is 0. The molecule has 2 rings (SSSR count). The normalized spacial score (nSPS) is 32.2. The first kappa shape index (κ1) is 8.23. The smallest absolute Gasteiger partial charge is 0.231 e. The number of amides is 1. The summed E-state index contributed by atoms with van der Waals surface area (Å²) in [4.78, 5) is 22.6. The molecule has 13 heavy (non-hydrogen) atoms. The first-order chi connectivity index (χ1) is 6.11. The van der Waals surface area contributed by atoms with E-state index >= 15 is 0 Å². The van der Waals surface area contributed by atoms with Crippen molar-refractivity contribution in [1.29, 1.82) is 0 Å². The Balaban J connectivity index is 2.44. The van der Waals surface area contributed by atoms with E-state index in [4.69, 9.17) is 0 Å². The van der Waals surface area contributed by atoms with Gasteiger partial charge in [-0.3, -0.25) is 9.59 Å². The summed E-state index contributed by atoms with van der Waals surface area (Å²) < 4.78 is 0. The van der Waals surface area contributed by atoms with E-state index in [2.05, 4.69) is 5.32 Å². The van der Waals surface area contributed by atoms with Crippen LogP contribution in [0.4, 0.5) is 0 Å². The van der Waals surface area contributed by atoms with E-state index in [-0.39, 0.29) is 23.5 Å². The fraction of sp³-hybridized carbons (Fsp3) is 0.400. The van der Waals surface area contributed by atoms with Crippen molar-refractivity contribution in [1.82, 2.24) is 5.32 Å². The minimum Gasteiger partial charge on any atom is -0.326 e. The van der Waals surface area contributed by atoms with Gasteiger partial charge in [0.15, 0.2) is 5.78 Å². The molecule has 1 amide bonds. The van der Waals surface area contributed by atoms with Gasteiger partial charge in [0.25, 0.3) is 0 Å². The second-order valence-corrected chi connectivity index (χ2v) is 3.54. The van der Waals surface area contributed by atoms with Crippen LogP contribution in [-0.4, -0.2) is 11.7 Å². The largest absolute Gasteiger partial charge is 0.326 e. The Morgan fingerprint density at radius 3 is 2.54 bits per heavy atom. The Bertz CT molecular complexity index is 352. The maximum atomic E-state index is 11.3. The van der Waals surface area contributed by atoms with Crippen molar-refractivity contribution < 1.29 is 9.59 Å². The lowest BCUT2D eigenvalue weighted by molar-refractivity contribution is -0.121. The zero-order valence-corrected chi connectivity index (χ0v) is 7.63. The van der Waals surface area contributed by atoms with E-state index in [1.165, 1.54) is 6.08 Å². The van der Waals surface area contributed by atoms with Gasteiger partial charge in [-0.15, -0.1) is 0 Å². The van der Waals surface area contributed by atoms with Gasteiger partial charge in [-0.1, -0.05) is 6.92 Å². The number of carbonyl (C=O) groups is 2. The summed E-state index contributed by atoms with van der Waals surface area (Å²) in [5, 5.41) is 2.76. The van der Waals surface area contributed by atoms with Gasteiger partial charge in [0, 0.05) is 11.6 Å². The van der Waals surface area contributed by atoms with E-state index in [9.17, 15) is 9.59 Å². The Labute approximate surface area is 76.5 Å². The Morgan fingerprint density at radius 2 is 1.85 bits per heavy atom. The molecule has 0 aromatic heterocycles. The van der Waals surface area contributed by atoms with Crippen LogP contribution in [0.1, 0.15) is 13.8 Å². The summed E-state index contributed by atoms with van der Waals surface area (Å²) in [6.45, 7) is 3.68. The molecule has 0 fully saturated rings. The average Bonchev–Trinajstić information content (AvgIpc) is 2.37. The summed E-state index contributed by atoms with van der Waals surface area (Å²) in [6.07, 6.45) is 3.22. The van der Waals surface area contributed by atoms with Crippen LogP contribution in [0.2, 0.25) is 0 Å². The van der Waals surface area contributed by atoms with Crippen LogP contribution in [0.5, 0.6) is 0 Å². The van der Waals surface area contributed by atoms with Crippen molar-refractivity contribution >= 4 is 11.7 Å². The second-order valence-electron chi connectivity index (χ2n) is 3.54. The molecule has 68 valence electrons. The molecule has 3 heteroatoms. The van der Waals surface area contributed by atoms with Gasteiger partial charge in [-0.05, 0) is 24.6 Å². The monoisotopic (exact) mass is 177 g/mol. The molecule has 0 aromatic rings. The Kier molecular flexibility index (Phi) is 1.62. The highest BCUT2D eigenvalue weighted by Gasteiger charge is 2.35. The van der Waals surface area contributed by atoms with Gasteiger partial charge in [0.1, 0.15) is 0 Å². The van der Waals surface area contributed by atoms with Crippen LogP contribution in [0.25, 0.3) is 0 Å². The third kappa shape index (κ3) is 1.03. The molecule has 2 aliphatic rings. The van der Waals surface area contributed by atoms with Gasteiger partial charge in [-0.25, -0.2) is 0 Å². The van der Waals surface area contributed by atoms with Crippen LogP contribution in [-0.2, 0) is 9.59 Å². The molecule has 1 N–H and O–H groups in total. The molecular weight excluding hydrogens is 166 g/mol. The van der Waals surface area contributed by atoms with E-state index in [0.29, 0.717) is 0 Å². The van der Waals surface area contributed by atoms with Crippen LogP contribution >= 0.6 is 0 Å². The lowest BCUT2D eigenvalue weighted by Gasteiger charge is -2.16. The van der Waals surface area contributed by atoms with Gasteiger partial charge in [0.05, 0.1) is 5.92 Å². The molecule has 2 unspecified atom stereocenters. The Morgan fingerprint density at radius 1 is 1.15 bits per heavy atom. The molecule has 0 bridgehead atoms. The molecule has 0 saturated heterocycles. The third-order valence-corrected chi connectivity index (χ3v) is 2.74. The van der Waals surface area contributed by atoms with E-state index in [1.54, 1.807) is 6.08 Å². The number of hydrogen-bond donors (Lipinski definition) is 1. The highest BCUT2D eigenvalue weighted by atomic mass is 16.2. The molecular formula is C10H11NO2. The topological polar surface area (TPSA) is 46.2 Å². The molecule has 0 aromatic carbocycles. The summed E-state index contributed by atoms with van der Waals surface area (Å²) in [5.41, 5.74) is 1.77. The molecule has 1 aliphatic carbocycles. The molecule has 3 nitrogen and oxygen atoms in total. The maximum absolute atomic E-state index is 11.3. The first-order valence-corrected chi connectivity index (χ1v) is 4.38. The van der Waals surface area contributed by atoms with Crippen molar-refractivity contribution in [3.05, 3.63) is 23.4 Å². The minimum atomic E-state index is -0.154. The molecule has 0 radical (unpaired) electrons. The number of allylic oxidation sites excluding steroid dienone is 2. The van der Waals surface area contributed by atoms with E-state index in [0.717, 1.165) is 11.3 Å². The van der Waals surface area contributed by atoms with Gasteiger partial charge in [-0.2, -0.15) is 0 Å². The minimum absolute atomic E-state index is 0.00352. The quantitative estimate of drug-likeness (QED) is 0.594. The molecule has 1 aliphatic heterocycles. The predicted molar refractivity (Wildman–Crippen MR) is 47.6 cm³/mol. The average molecular weight is 177 g/mol. The van der Waals surface area contributed by atoms with Crippen molar-refractivity contribution in [3.63, 3.8) is 0 Å². The lowest BCUT2D eigenvalue weighted by atomic mass is 9.85. The van der Waals surface area contributed by atoms with Crippen LogP contribution in [0.15, 0.2) is 23.4 Å². The van der Waals surface area contributed by atoms with E-state index in [1.807, 2.05) is 13.8 Å². The van der Waals surface area contributed by atoms with Crippen molar-refractivity contribution in [2.45, 2.75) is 13.8 Å². The third-order valence-electron chi connectivity index (χ3n) is 2.74. The summed E-state index contributed by atoms with van der Waals surface area (Å²) >= 11 is 0. The second kappa shape index (κ2) is 2.55. The molecule has 0 saturated carbocycles. The molecule has 0 spiro atoms. The molecule has 2 atom stereocenters. The fourth-order valence-electron chi connectivity index (χ4n) is 1.90. The standard InChI is InChI=1S/C10H11NO2/c1-5-8(12)4-3-7-9(5)6(2)10(13)11-7/h3-6H,1-2H3,(H,11,13). The number of ketones is 1. The number of hydrogen-bond acceptors (Lipinski definition) is 2. The lowest BCUT2D eigenvalue weighted by Crippen LogP contribution is -2.20. The van der Waals surface area contributed by atoms with Gasteiger partial charge < -0.3 is 5.32 Å². The van der Waals surface area contributed by atoms with Gasteiger partial charge >= 0.3 is 0 Å². The highest BCUT2D eigenvalue weighted by molar-refractivity contribution is 6.00. The fourth-order valence-corrected chi connectivity index (χ4v) is 1.90. The maximum Gasteiger partial charge on any atom is 0.231 e. The number of rotatable bonds is 0. The highest BCUT2D eigenvalue weighted by Crippen LogP contribution is 2.32. The number of nitrogens with one attached hydrogen (secondary N) is 1. The zero-order valence-electron chi connectivity index (χ0n) is 7.63. The summed E-state index contributed by atoms with van der Waals surface area (Å²) in [7, 11) is 0. The summed E-state index contributed by atoms with van der Waals surface area (Å²) in [5.74, 6) is -0.217. The van der Waals surface area contributed by atoms with Gasteiger partial charge in [0.2, 0.25) is 5.91 Å². The predicted octanol–water partition coefficient (Wildman–Crippen LogP) is 0.781.